The molecule has 2 heterocycles. The molecule has 0 fully saturated rings. The molecule has 1 spiro atoms. The van der Waals surface area contributed by atoms with Crippen molar-refractivity contribution >= 4 is 38.9 Å². The van der Waals surface area contributed by atoms with E-state index >= 15 is 0 Å². The molecule has 0 saturated carbocycles. The summed E-state index contributed by atoms with van der Waals surface area (Å²) in [5, 5.41) is 2.56. The summed E-state index contributed by atoms with van der Waals surface area (Å²) in [7, 11) is 0. The highest BCUT2D eigenvalue weighted by Gasteiger charge is 2.51. The molecule has 13 rings (SSSR count). The number of para-hydroxylation sites is 3. The monoisotopic (exact) mass is 800 g/mol. The third-order valence-corrected chi connectivity index (χ3v) is 13.6. The molecule has 2 heteroatoms. The van der Waals surface area contributed by atoms with Crippen molar-refractivity contribution in [1.82, 2.24) is 4.57 Å². The summed E-state index contributed by atoms with van der Waals surface area (Å²) in [6.45, 7) is 0. The molecule has 1 aromatic heterocycles. The van der Waals surface area contributed by atoms with Gasteiger partial charge in [-0.05, 0) is 110 Å². The third kappa shape index (κ3) is 5.19. The normalized spacial score (nSPS) is 14.4. The smallest absolute Gasteiger partial charge is 0.0755 e. The summed E-state index contributed by atoms with van der Waals surface area (Å²) in [6, 6.07) is 89.7. The van der Waals surface area contributed by atoms with Crippen LogP contribution >= 0.6 is 0 Å². The van der Waals surface area contributed by atoms with Gasteiger partial charge in [-0.15, -0.1) is 0 Å². The molecule has 1 aliphatic heterocycles. The summed E-state index contributed by atoms with van der Waals surface area (Å²) in [5.41, 5.74) is 21.3. The highest BCUT2D eigenvalue weighted by atomic mass is 15.1. The average molecular weight is 801 g/mol. The zero-order valence-electron chi connectivity index (χ0n) is 34.5. The number of nitrogens with zero attached hydrogens (tertiary/aromatic N) is 2. The summed E-state index contributed by atoms with van der Waals surface area (Å²) < 4.78 is 2.52. The zero-order chi connectivity index (χ0) is 41.5. The topological polar surface area (TPSA) is 8.17 Å². The van der Waals surface area contributed by atoms with Gasteiger partial charge in [0.2, 0.25) is 0 Å². The van der Waals surface area contributed by atoms with E-state index in [2.05, 4.69) is 252 Å². The van der Waals surface area contributed by atoms with Gasteiger partial charge < -0.3 is 9.47 Å². The van der Waals surface area contributed by atoms with Crippen LogP contribution in [0.4, 0.5) is 17.1 Å². The Hall–Kier alpha value is -8.20. The first-order valence-corrected chi connectivity index (χ1v) is 21.8. The number of fused-ring (bicyclic) bond motifs is 12. The van der Waals surface area contributed by atoms with Gasteiger partial charge in [0.15, 0.2) is 0 Å². The average Bonchev–Trinajstić information content (AvgIpc) is 3.85. The standard InChI is InChI=1S/C61H40N2/c1-4-18-41(19-5-1)44-24-16-25-46(38-44)62(58-37-34-45(42-20-6-2-7-21-42)39-52(58)43-22-8-3-9-23-43)47-35-36-49-48-26-10-12-29-53(48)61(56(49)40-47)54-30-13-15-33-59(54)63-57-32-14-11-27-50(57)51-28-17-31-55(61)60(51)63/h1-40H. The Morgan fingerprint density at radius 1 is 0.317 bits per heavy atom. The highest BCUT2D eigenvalue weighted by Crippen LogP contribution is 2.62. The number of benzene rings is 10. The SMILES string of the molecule is c1ccc(-c2cccc(N(c3ccc4c(c3)C3(c5ccccc5-4)c4ccccc4-n4c5ccccc5c5cccc3c54)c3ccc(-c4ccccc4)cc3-c3ccccc3)c2)cc1. The van der Waals surface area contributed by atoms with E-state index in [0.717, 1.165) is 22.6 Å². The molecule has 11 aromatic rings. The lowest BCUT2D eigenvalue weighted by molar-refractivity contribution is 0.748. The fourth-order valence-electron chi connectivity index (χ4n) is 11.0. The Labute approximate surface area is 367 Å². The molecule has 10 aromatic carbocycles. The molecule has 2 aliphatic rings. The predicted molar refractivity (Wildman–Crippen MR) is 263 cm³/mol. The van der Waals surface area contributed by atoms with Crippen LogP contribution in [0.15, 0.2) is 243 Å². The number of anilines is 3. The Balaban J connectivity index is 1.12. The fraction of sp³-hybridized carbons (Fsp3) is 0.0164. The van der Waals surface area contributed by atoms with Crippen molar-refractivity contribution in [2.24, 2.45) is 0 Å². The van der Waals surface area contributed by atoms with E-state index in [4.69, 9.17) is 0 Å². The summed E-state index contributed by atoms with van der Waals surface area (Å²) in [4.78, 5) is 2.49. The van der Waals surface area contributed by atoms with Gasteiger partial charge in [-0.2, -0.15) is 0 Å². The maximum absolute atomic E-state index is 2.52. The van der Waals surface area contributed by atoms with Crippen molar-refractivity contribution in [2.75, 3.05) is 4.90 Å². The molecule has 1 atom stereocenters. The largest absolute Gasteiger partial charge is 0.310 e. The number of hydrogen-bond donors (Lipinski definition) is 0. The summed E-state index contributed by atoms with van der Waals surface area (Å²) >= 11 is 0. The van der Waals surface area contributed by atoms with Crippen molar-refractivity contribution in [3.05, 3.63) is 265 Å². The molecular weight excluding hydrogens is 761 g/mol. The van der Waals surface area contributed by atoms with Crippen LogP contribution in [0.3, 0.4) is 0 Å². The lowest BCUT2D eigenvalue weighted by atomic mass is 9.65. The van der Waals surface area contributed by atoms with Crippen molar-refractivity contribution in [1.29, 1.82) is 0 Å². The van der Waals surface area contributed by atoms with Crippen molar-refractivity contribution in [3.8, 4) is 50.2 Å². The van der Waals surface area contributed by atoms with Crippen LogP contribution < -0.4 is 4.90 Å². The van der Waals surface area contributed by atoms with E-state index in [-0.39, 0.29) is 0 Å². The highest BCUT2D eigenvalue weighted by molar-refractivity contribution is 6.13. The molecule has 0 saturated heterocycles. The van der Waals surface area contributed by atoms with Gasteiger partial charge in [0, 0.05) is 27.7 Å². The first-order chi connectivity index (χ1) is 31.3. The van der Waals surface area contributed by atoms with E-state index < -0.39 is 5.41 Å². The van der Waals surface area contributed by atoms with Gasteiger partial charge in [-0.3, -0.25) is 0 Å². The first-order valence-electron chi connectivity index (χ1n) is 21.8. The van der Waals surface area contributed by atoms with Crippen molar-refractivity contribution in [3.63, 3.8) is 0 Å². The molecule has 63 heavy (non-hydrogen) atoms. The van der Waals surface area contributed by atoms with Crippen LogP contribution in [0.25, 0.3) is 72.0 Å². The predicted octanol–water partition coefficient (Wildman–Crippen LogP) is 15.9. The van der Waals surface area contributed by atoms with E-state index in [9.17, 15) is 0 Å². The Kier molecular flexibility index (Phi) is 7.85. The second-order valence-electron chi connectivity index (χ2n) is 16.8. The summed E-state index contributed by atoms with van der Waals surface area (Å²) in [6.07, 6.45) is 0. The molecule has 2 nitrogen and oxygen atoms in total. The van der Waals surface area contributed by atoms with Gasteiger partial charge in [0.25, 0.3) is 0 Å². The van der Waals surface area contributed by atoms with Crippen LogP contribution in [-0.2, 0) is 5.41 Å². The maximum Gasteiger partial charge on any atom is 0.0755 e. The Bertz CT molecular complexity index is 3570. The van der Waals surface area contributed by atoms with Crippen molar-refractivity contribution < 1.29 is 0 Å². The first kappa shape index (κ1) is 35.5. The van der Waals surface area contributed by atoms with Crippen molar-refractivity contribution in [2.45, 2.75) is 5.41 Å². The molecule has 294 valence electrons. The van der Waals surface area contributed by atoms with Gasteiger partial charge in [-0.1, -0.05) is 194 Å². The minimum atomic E-state index is -0.570. The molecule has 0 amide bonds. The lowest BCUT2D eigenvalue weighted by Crippen LogP contribution is -2.33. The quantitative estimate of drug-likeness (QED) is 0.163. The molecule has 0 bridgehead atoms. The van der Waals surface area contributed by atoms with Gasteiger partial charge >= 0.3 is 0 Å². The fourth-order valence-corrected chi connectivity index (χ4v) is 11.0. The summed E-state index contributed by atoms with van der Waals surface area (Å²) in [5.74, 6) is 0. The number of aromatic nitrogens is 1. The molecule has 1 aliphatic carbocycles. The van der Waals surface area contributed by atoms with E-state index in [1.165, 1.54) is 88.7 Å². The molecule has 0 N–H and O–H groups in total. The number of rotatable bonds is 6. The Morgan fingerprint density at radius 2 is 0.889 bits per heavy atom. The van der Waals surface area contributed by atoms with Gasteiger partial charge in [0.05, 0.1) is 27.8 Å². The van der Waals surface area contributed by atoms with Crippen LogP contribution in [0.5, 0.6) is 0 Å². The van der Waals surface area contributed by atoms with Gasteiger partial charge in [-0.25, -0.2) is 0 Å². The number of hydrogen-bond acceptors (Lipinski definition) is 1. The zero-order valence-corrected chi connectivity index (χ0v) is 34.5. The Morgan fingerprint density at radius 3 is 1.68 bits per heavy atom. The van der Waals surface area contributed by atoms with Crippen LogP contribution in [0.1, 0.15) is 22.3 Å². The lowest BCUT2D eigenvalue weighted by Gasteiger charge is -2.40. The third-order valence-electron chi connectivity index (χ3n) is 13.6. The minimum Gasteiger partial charge on any atom is -0.310 e. The van der Waals surface area contributed by atoms with Gasteiger partial charge in [0.1, 0.15) is 0 Å². The van der Waals surface area contributed by atoms with Crippen LogP contribution in [-0.4, -0.2) is 4.57 Å². The second kappa shape index (κ2) is 13.9. The van der Waals surface area contributed by atoms with E-state index in [1.807, 2.05) is 0 Å². The van der Waals surface area contributed by atoms with E-state index in [1.54, 1.807) is 0 Å². The molecule has 0 radical (unpaired) electrons. The molecular formula is C61H40N2. The maximum atomic E-state index is 2.52. The van der Waals surface area contributed by atoms with Crippen LogP contribution in [0.2, 0.25) is 0 Å². The van der Waals surface area contributed by atoms with Crippen LogP contribution in [0, 0.1) is 0 Å². The minimum absolute atomic E-state index is 0.570. The van der Waals surface area contributed by atoms with E-state index in [0.29, 0.717) is 0 Å². The second-order valence-corrected chi connectivity index (χ2v) is 16.8. The molecule has 1 unspecified atom stereocenters.